The van der Waals surface area contributed by atoms with Gasteiger partial charge in [0, 0.05) is 17.9 Å². The van der Waals surface area contributed by atoms with Crippen LogP contribution in [0.1, 0.15) is 52.8 Å². The zero-order valence-electron chi connectivity index (χ0n) is 18.2. The van der Waals surface area contributed by atoms with E-state index in [1.807, 2.05) is 0 Å². The molecule has 28 heavy (non-hydrogen) atoms. The Bertz CT molecular complexity index is 855. The van der Waals surface area contributed by atoms with Crippen LogP contribution in [0, 0.1) is 48.2 Å². The molecule has 0 bridgehead atoms. The van der Waals surface area contributed by atoms with Crippen LogP contribution in [0.25, 0.3) is 0 Å². The number of allylic oxidation sites excluding steroid dienone is 2. The van der Waals surface area contributed by atoms with Gasteiger partial charge >= 0.3 is 29.2 Å². The van der Waals surface area contributed by atoms with Gasteiger partial charge in [0.25, 0.3) is 0 Å². The average Bonchev–Trinajstić information content (AvgIpc) is 2.87. The van der Waals surface area contributed by atoms with Crippen molar-refractivity contribution in [2.24, 2.45) is 0 Å². The topological polar surface area (TPSA) is 6.48 Å². The van der Waals surface area contributed by atoms with Gasteiger partial charge in [-0.1, -0.05) is 35.4 Å². The molecule has 0 aliphatic carbocycles. The van der Waals surface area contributed by atoms with E-state index < -0.39 is 0 Å². The number of hydrogen-bond acceptors (Lipinski definition) is 2. The van der Waals surface area contributed by atoms with Gasteiger partial charge in [0.1, 0.15) is 0 Å². The molecule has 2 nitrogen and oxygen atoms in total. The van der Waals surface area contributed by atoms with Crippen molar-refractivity contribution < 1.29 is 20.0 Å². The van der Waals surface area contributed by atoms with Crippen LogP contribution in [0.5, 0.6) is 0 Å². The molecule has 0 unspecified atom stereocenters. The number of benzene rings is 2. The van der Waals surface area contributed by atoms with Crippen LogP contribution in [0.3, 0.4) is 0 Å². The second-order valence-corrected chi connectivity index (χ2v) is 7.91. The zero-order chi connectivity index (χ0) is 21.2. The molecule has 0 saturated heterocycles. The molecule has 0 saturated carbocycles. The fraction of sp³-hybridized carbons (Fsp3) is 0.375. The monoisotopic (exact) mass is 489 g/mol. The third kappa shape index (κ3) is 4.68. The second kappa shape index (κ2) is 9.54. The van der Waals surface area contributed by atoms with Crippen molar-refractivity contribution in [3.05, 3.63) is 81.3 Å². The molecule has 1 aliphatic rings. The molecule has 0 N–H and O–H groups in total. The van der Waals surface area contributed by atoms with Crippen molar-refractivity contribution in [2.45, 2.75) is 61.9 Å². The van der Waals surface area contributed by atoms with Crippen molar-refractivity contribution in [2.75, 3.05) is 4.90 Å². The van der Waals surface area contributed by atoms with Gasteiger partial charge in [-0.05, 0) is 88.9 Å². The van der Waals surface area contributed by atoms with Crippen LogP contribution in [-0.2, 0) is 26.5 Å². The minimum atomic E-state index is 0.918. The van der Waals surface area contributed by atoms with E-state index >= 15 is 0 Å². The van der Waals surface area contributed by atoms with Crippen LogP contribution in [-0.4, -0.2) is 4.90 Å². The Morgan fingerprint density at radius 1 is 0.714 bits per heavy atom. The van der Waals surface area contributed by atoms with E-state index in [0.29, 0.717) is 0 Å². The van der Waals surface area contributed by atoms with Gasteiger partial charge in [0.2, 0.25) is 0 Å². The Morgan fingerprint density at radius 3 is 1.61 bits per heavy atom. The Morgan fingerprint density at radius 2 is 1.14 bits per heavy atom. The molecule has 0 atom stereocenters. The standard InChI is InChI=1S/C24H31N2.Ag.ClH/c1-15-9-17(3)23(18(4)10-15)13-25-14-26(22(8)21(25)7)24-19(5)11-16(2)12-20(24)6;;/h9-12,14H,13H2,1-8H3;;1H/q-1;+1;/p-1. The maximum absolute atomic E-state index is 4.45. The van der Waals surface area contributed by atoms with Gasteiger partial charge in [0.05, 0.1) is 0 Å². The van der Waals surface area contributed by atoms with E-state index in [-0.39, 0.29) is 0 Å². The SMILES string of the molecule is CC1=C(C)N(c2c(C)cc(C)cc2C)[CH-]N1Cc1c(C)cc(C)cc1C.[Cl][Ag]. The summed E-state index contributed by atoms with van der Waals surface area (Å²) in [5.74, 6) is 0. The number of aryl methyl sites for hydroxylation is 6. The predicted octanol–water partition coefficient (Wildman–Crippen LogP) is 6.92. The molecule has 0 radical (unpaired) electrons. The number of hydrogen-bond donors (Lipinski definition) is 0. The molecular formula is C24H31AgClN2-. The van der Waals surface area contributed by atoms with Crippen LogP contribution in [0.15, 0.2) is 35.7 Å². The quantitative estimate of drug-likeness (QED) is 0.340. The summed E-state index contributed by atoms with van der Waals surface area (Å²) in [6.07, 6.45) is 0. The van der Waals surface area contributed by atoms with Gasteiger partial charge in [-0.25, -0.2) is 0 Å². The summed E-state index contributed by atoms with van der Waals surface area (Å²) in [6, 6.07) is 9.12. The molecule has 2 aromatic carbocycles. The third-order valence-electron chi connectivity index (χ3n) is 5.62. The van der Waals surface area contributed by atoms with Crippen molar-refractivity contribution >= 4 is 14.9 Å². The summed E-state index contributed by atoms with van der Waals surface area (Å²) < 4.78 is 0. The van der Waals surface area contributed by atoms with E-state index in [1.165, 1.54) is 56.0 Å². The van der Waals surface area contributed by atoms with Gasteiger partial charge < -0.3 is 9.80 Å². The summed E-state index contributed by atoms with van der Waals surface area (Å²) in [7, 11) is 4.45. The van der Waals surface area contributed by atoms with Crippen molar-refractivity contribution in [3.63, 3.8) is 0 Å². The molecule has 1 aliphatic heterocycles. The van der Waals surface area contributed by atoms with Crippen LogP contribution < -0.4 is 4.90 Å². The van der Waals surface area contributed by atoms with E-state index in [9.17, 15) is 0 Å². The first-order chi connectivity index (χ1) is 13.2. The molecule has 3 rings (SSSR count). The third-order valence-corrected chi connectivity index (χ3v) is 5.62. The minimum absolute atomic E-state index is 0.918. The average molecular weight is 491 g/mol. The zero-order valence-corrected chi connectivity index (χ0v) is 20.4. The normalized spacial score (nSPS) is 13.8. The number of rotatable bonds is 3. The van der Waals surface area contributed by atoms with Gasteiger partial charge in [-0.15, -0.1) is 0 Å². The summed E-state index contributed by atoms with van der Waals surface area (Å²) in [5.41, 5.74) is 13.4. The molecule has 0 fully saturated rings. The van der Waals surface area contributed by atoms with Gasteiger partial charge in [-0.2, -0.15) is 6.67 Å². The van der Waals surface area contributed by atoms with Crippen molar-refractivity contribution in [1.82, 2.24) is 4.90 Å². The Balaban J connectivity index is 0.00000136. The molecule has 0 spiro atoms. The number of anilines is 1. The first-order valence-electron chi connectivity index (χ1n) is 9.53. The molecule has 0 aromatic heterocycles. The van der Waals surface area contributed by atoms with Crippen LogP contribution in [0.4, 0.5) is 5.69 Å². The Hall–Kier alpha value is -1.19. The first kappa shape index (κ1) is 23.1. The summed E-state index contributed by atoms with van der Waals surface area (Å²) in [6.45, 7) is 20.9. The van der Waals surface area contributed by atoms with Crippen molar-refractivity contribution in [1.29, 1.82) is 0 Å². The summed E-state index contributed by atoms with van der Waals surface area (Å²) in [4.78, 5) is 4.75. The summed E-state index contributed by atoms with van der Waals surface area (Å²) >= 11 is 2.42. The van der Waals surface area contributed by atoms with Gasteiger partial charge in [-0.3, -0.25) is 0 Å². The molecule has 1 heterocycles. The molecular weight excluding hydrogens is 460 g/mol. The van der Waals surface area contributed by atoms with Crippen LogP contribution >= 0.6 is 9.19 Å². The fourth-order valence-electron chi connectivity index (χ4n) is 4.26. The molecule has 156 valence electrons. The van der Waals surface area contributed by atoms with E-state index in [4.69, 9.17) is 0 Å². The summed E-state index contributed by atoms with van der Waals surface area (Å²) in [5, 5.41) is 0. The van der Waals surface area contributed by atoms with Crippen LogP contribution in [0.2, 0.25) is 0 Å². The van der Waals surface area contributed by atoms with Gasteiger partial charge in [0.15, 0.2) is 0 Å². The van der Waals surface area contributed by atoms with Crippen molar-refractivity contribution in [3.8, 4) is 0 Å². The number of halogens is 1. The second-order valence-electron chi connectivity index (χ2n) is 7.91. The van der Waals surface area contributed by atoms with E-state index in [2.05, 4.69) is 125 Å². The molecule has 4 heteroatoms. The Kier molecular flexibility index (Phi) is 7.87. The molecule has 2 aromatic rings. The fourth-order valence-corrected chi connectivity index (χ4v) is 4.26. The van der Waals surface area contributed by atoms with E-state index in [0.717, 1.165) is 6.54 Å². The maximum atomic E-state index is 4.45. The Labute approximate surface area is 187 Å². The molecule has 0 amide bonds. The first-order valence-corrected chi connectivity index (χ1v) is 11.4. The number of nitrogens with zero attached hydrogens (tertiary/aromatic N) is 2. The predicted molar refractivity (Wildman–Crippen MR) is 118 cm³/mol. The van der Waals surface area contributed by atoms with E-state index in [1.54, 1.807) is 0 Å².